The second-order valence-corrected chi connectivity index (χ2v) is 17.9. The number of hydrogen-bond donors (Lipinski definition) is 2. The van der Waals surface area contributed by atoms with E-state index in [0.29, 0.717) is 36.3 Å². The molecule has 3 N–H and O–H groups in total. The zero-order chi connectivity index (χ0) is 49.4. The average molecular weight is 942 g/mol. The second kappa shape index (κ2) is 26.4. The van der Waals surface area contributed by atoms with E-state index in [1.165, 1.54) is 30.8 Å². The summed E-state index contributed by atoms with van der Waals surface area (Å²) in [6, 6.07) is 0. The number of carbonyl (C=O) groups excluding carboxylic acids is 4. The molecule has 0 fully saturated rings. The number of nitrogens with zero attached hydrogens (tertiary/aromatic N) is 4. The molecular weight excluding hydrogens is 871 g/mol. The first kappa shape index (κ1) is 54.4. The standard InChI is InChI=1S/C48H71N5O14/c1-27-19-33(66-48(49)58)21-43(57)67-41(22-40(60-9)28(2)15-16-37(55)30(4)44(61-10)29(3)17-18-53(7)26-54)32(6)39(59-8)13-12-14-42-50-35(24-63-42)46-52-36(25-65-46)47-51-34(23-64-47)45(62-11)31(5)38(56)20-27/h12,14,17-18,23-33,38-41,44-45,56H,13,15-16,19-22H2,1-11H3,(H2,49,58)/b14-12+,18-17+/t27-,28-,29+,30-,31-,32+,33-,38-,39-,40-,41-,44+,45+/m0/s1. The van der Waals surface area contributed by atoms with Crippen LogP contribution >= 0.6 is 0 Å². The van der Waals surface area contributed by atoms with Crippen LogP contribution in [0.1, 0.15) is 104 Å². The fourth-order valence-corrected chi connectivity index (χ4v) is 8.69. The Hall–Kier alpha value is -5.21. The van der Waals surface area contributed by atoms with Gasteiger partial charge >= 0.3 is 12.1 Å². The Labute approximate surface area is 393 Å². The van der Waals surface area contributed by atoms with Crippen LogP contribution in [0.3, 0.4) is 0 Å². The van der Waals surface area contributed by atoms with Crippen molar-refractivity contribution < 1.29 is 66.0 Å². The lowest BCUT2D eigenvalue weighted by Gasteiger charge is -2.34. The number of fused-ring (bicyclic) bond motifs is 8. The van der Waals surface area contributed by atoms with E-state index in [0.717, 1.165) is 0 Å². The summed E-state index contributed by atoms with van der Waals surface area (Å²) in [5, 5.41) is 11.4. The van der Waals surface area contributed by atoms with E-state index in [1.54, 1.807) is 40.7 Å². The van der Waals surface area contributed by atoms with Crippen LogP contribution in [-0.4, -0.2) is 121 Å². The molecule has 3 aromatic rings. The third-order valence-corrected chi connectivity index (χ3v) is 12.8. The highest BCUT2D eigenvalue weighted by molar-refractivity contribution is 5.81. The van der Waals surface area contributed by atoms with Crippen molar-refractivity contribution in [2.75, 3.05) is 35.5 Å². The highest BCUT2D eigenvalue weighted by Gasteiger charge is 2.36. The number of nitrogens with two attached hydrogens (primary N) is 1. The van der Waals surface area contributed by atoms with Crippen molar-refractivity contribution in [3.05, 3.63) is 48.7 Å². The van der Waals surface area contributed by atoms with Gasteiger partial charge in [0.25, 0.3) is 0 Å². The predicted octanol–water partition coefficient (Wildman–Crippen LogP) is 7.20. The molecule has 0 unspecified atom stereocenters. The summed E-state index contributed by atoms with van der Waals surface area (Å²) in [5.74, 6) is -1.84. The van der Waals surface area contributed by atoms with Gasteiger partial charge in [0.2, 0.25) is 24.1 Å². The van der Waals surface area contributed by atoms with Crippen molar-refractivity contribution in [2.45, 2.75) is 129 Å². The maximum atomic E-state index is 14.0. The largest absolute Gasteiger partial charge is 0.462 e. The van der Waals surface area contributed by atoms with Gasteiger partial charge in [0, 0.05) is 78.2 Å². The van der Waals surface area contributed by atoms with Gasteiger partial charge in [-0.25, -0.2) is 19.7 Å². The molecule has 6 bridgehead atoms. The summed E-state index contributed by atoms with van der Waals surface area (Å²) in [6.45, 7) is 11.4. The fraction of sp³-hybridized carbons (Fsp3) is 0.646. The molecule has 19 nitrogen and oxygen atoms in total. The molecule has 13 atom stereocenters. The van der Waals surface area contributed by atoms with Gasteiger partial charge in [0.15, 0.2) is 11.4 Å². The van der Waals surface area contributed by atoms with Gasteiger partial charge in [-0.3, -0.25) is 14.4 Å². The van der Waals surface area contributed by atoms with Crippen molar-refractivity contribution in [1.29, 1.82) is 0 Å². The minimum Gasteiger partial charge on any atom is -0.462 e. The van der Waals surface area contributed by atoms with Crippen molar-refractivity contribution in [3.63, 3.8) is 0 Å². The first-order valence-electron chi connectivity index (χ1n) is 22.8. The molecule has 0 aromatic carbocycles. The average Bonchev–Trinajstić information content (AvgIpc) is 4.09. The number of hydrogen-bond acceptors (Lipinski definition) is 17. The first-order chi connectivity index (χ1) is 31.9. The normalized spacial score (nSPS) is 26.2. The maximum absolute atomic E-state index is 14.0. The van der Waals surface area contributed by atoms with Crippen LogP contribution in [0.25, 0.3) is 29.2 Å². The molecule has 0 saturated carbocycles. The van der Waals surface area contributed by atoms with Gasteiger partial charge in [0.05, 0.1) is 30.8 Å². The number of carbonyl (C=O) groups is 4. The van der Waals surface area contributed by atoms with Gasteiger partial charge in [-0.1, -0.05) is 53.7 Å². The Morgan fingerprint density at radius 2 is 1.63 bits per heavy atom. The molecule has 372 valence electrons. The minimum absolute atomic E-state index is 0.0194. The molecule has 3 aromatic heterocycles. The Balaban J connectivity index is 1.60. The molecule has 67 heavy (non-hydrogen) atoms. The summed E-state index contributed by atoms with van der Waals surface area (Å²) in [7, 11) is 7.86. The van der Waals surface area contributed by atoms with E-state index in [1.807, 2.05) is 53.7 Å². The van der Waals surface area contributed by atoms with Crippen molar-refractivity contribution in [3.8, 4) is 23.2 Å². The topological polar surface area (TPSA) is 251 Å². The number of oxazole rings is 3. The third kappa shape index (κ3) is 15.7. The summed E-state index contributed by atoms with van der Waals surface area (Å²) < 4.78 is 52.4. The Morgan fingerprint density at radius 1 is 0.940 bits per heavy atom. The van der Waals surface area contributed by atoms with Gasteiger partial charge in [-0.2, -0.15) is 0 Å². The van der Waals surface area contributed by atoms with E-state index < -0.39 is 72.5 Å². The second-order valence-electron chi connectivity index (χ2n) is 17.9. The zero-order valence-electron chi connectivity index (χ0n) is 40.7. The van der Waals surface area contributed by atoms with Crippen LogP contribution in [0.2, 0.25) is 0 Å². The van der Waals surface area contributed by atoms with Crippen LogP contribution in [0, 0.1) is 35.5 Å². The summed E-state index contributed by atoms with van der Waals surface area (Å²) >= 11 is 0. The van der Waals surface area contributed by atoms with Crippen LogP contribution in [0.15, 0.2) is 50.4 Å². The quantitative estimate of drug-likeness (QED) is 0.100. The highest BCUT2D eigenvalue weighted by atomic mass is 16.6. The summed E-state index contributed by atoms with van der Waals surface area (Å²) in [6.07, 6.45) is 7.75. The van der Waals surface area contributed by atoms with Gasteiger partial charge in [0.1, 0.15) is 48.6 Å². The van der Waals surface area contributed by atoms with Crippen LogP contribution in [-0.2, 0) is 42.8 Å². The molecule has 4 heterocycles. The third-order valence-electron chi connectivity index (χ3n) is 12.8. The number of esters is 1. The Bertz CT molecular complexity index is 2060. The Kier molecular flexibility index (Phi) is 21.4. The van der Waals surface area contributed by atoms with Gasteiger partial charge in [-0.05, 0) is 43.6 Å². The Morgan fingerprint density at radius 3 is 2.28 bits per heavy atom. The highest BCUT2D eigenvalue weighted by Crippen LogP contribution is 2.34. The van der Waals surface area contributed by atoms with Crippen molar-refractivity contribution in [1.82, 2.24) is 19.9 Å². The number of primary amides is 1. The molecule has 0 radical (unpaired) electrons. The van der Waals surface area contributed by atoms with E-state index in [2.05, 4.69) is 15.0 Å². The van der Waals surface area contributed by atoms with E-state index in [4.69, 9.17) is 47.4 Å². The number of ether oxygens (including phenoxy) is 6. The number of ketones is 1. The van der Waals surface area contributed by atoms with Crippen LogP contribution in [0.5, 0.6) is 0 Å². The van der Waals surface area contributed by atoms with Crippen molar-refractivity contribution in [2.24, 2.45) is 41.2 Å². The smallest absolute Gasteiger partial charge is 0.404 e. The number of methoxy groups -OCH3 is 4. The summed E-state index contributed by atoms with van der Waals surface area (Å²) in [5.41, 5.74) is 6.58. The number of amides is 2. The lowest BCUT2D eigenvalue weighted by molar-refractivity contribution is -0.160. The molecule has 1 aliphatic heterocycles. The number of aliphatic hydroxyl groups is 1. The predicted molar refractivity (Wildman–Crippen MR) is 244 cm³/mol. The number of aliphatic hydroxyl groups excluding tert-OH is 1. The van der Waals surface area contributed by atoms with Gasteiger partial charge < -0.3 is 57.4 Å². The van der Waals surface area contributed by atoms with Gasteiger partial charge in [-0.15, -0.1) is 0 Å². The number of Topliss-reactive ketones (excluding diaryl/α,β-unsaturated/α-hetero) is 1. The fourth-order valence-electron chi connectivity index (χ4n) is 8.69. The first-order valence-corrected chi connectivity index (χ1v) is 22.8. The number of rotatable bonds is 17. The minimum atomic E-state index is -1.05. The molecule has 1 aliphatic rings. The van der Waals surface area contributed by atoms with Crippen molar-refractivity contribution >= 4 is 30.3 Å². The zero-order valence-corrected chi connectivity index (χ0v) is 40.7. The molecule has 0 spiro atoms. The monoisotopic (exact) mass is 941 g/mol. The van der Waals surface area contributed by atoms with E-state index in [9.17, 15) is 24.3 Å². The van der Waals surface area contributed by atoms with E-state index >= 15 is 0 Å². The van der Waals surface area contributed by atoms with Crippen LogP contribution in [0.4, 0.5) is 4.79 Å². The number of cyclic esters (lactones) is 1. The SMILES string of the molecule is CO[C@H]([C@H](C)/C=C/N(C)C=O)[C@@H](C)C(=O)CC[C@H](C)[C@H](C[C@@H]1OC(=O)C[C@@H](OC(N)=O)C[C@H](C)C[C@H](O)[C@H](C)[C@@H](OC)c2coc(n2)-c2coc(n2)-c2coc(n2)/C=C/C[C@H](OC)[C@H]1C)OC. The lowest BCUT2D eigenvalue weighted by atomic mass is 9.84. The molecule has 0 saturated heterocycles. The van der Waals surface area contributed by atoms with Crippen LogP contribution < -0.4 is 5.73 Å². The molecule has 4 rings (SSSR count). The maximum Gasteiger partial charge on any atom is 0.404 e. The molecule has 2 amide bonds. The summed E-state index contributed by atoms with van der Waals surface area (Å²) in [4.78, 5) is 65.7. The lowest BCUT2D eigenvalue weighted by Crippen LogP contribution is -2.39. The molecule has 0 aliphatic carbocycles. The number of aromatic nitrogens is 3. The molecule has 19 heteroatoms. The molecular formula is C48H71N5O14. The van der Waals surface area contributed by atoms with E-state index in [-0.39, 0.29) is 73.3 Å².